The minimum Gasteiger partial charge on any atom is -0.493 e. The van der Waals surface area contributed by atoms with E-state index >= 15 is 0 Å². The van der Waals surface area contributed by atoms with E-state index in [2.05, 4.69) is 10.6 Å². The van der Waals surface area contributed by atoms with Gasteiger partial charge in [-0.1, -0.05) is 35.3 Å². The summed E-state index contributed by atoms with van der Waals surface area (Å²) in [4.78, 5) is 27.4. The smallest absolute Gasteiger partial charge is 0.323 e. The summed E-state index contributed by atoms with van der Waals surface area (Å²) in [6.07, 6.45) is 0.301. The van der Waals surface area contributed by atoms with Gasteiger partial charge >= 0.3 is 6.03 Å². The van der Waals surface area contributed by atoms with Crippen LogP contribution in [0.15, 0.2) is 48.5 Å². The van der Waals surface area contributed by atoms with Crippen LogP contribution in [0.4, 0.5) is 16.2 Å². The second-order valence-electron chi connectivity index (χ2n) is 8.72. The Bertz CT molecular complexity index is 1340. The van der Waals surface area contributed by atoms with E-state index in [0.717, 1.165) is 16.7 Å². The lowest BCUT2D eigenvalue weighted by molar-refractivity contribution is -0.133. The van der Waals surface area contributed by atoms with Crippen LogP contribution in [-0.2, 0) is 24.3 Å². The Kier molecular flexibility index (Phi) is 8.51. The van der Waals surface area contributed by atoms with Crippen LogP contribution >= 0.6 is 23.2 Å². The van der Waals surface area contributed by atoms with E-state index in [-0.39, 0.29) is 5.91 Å². The predicted molar refractivity (Wildman–Crippen MR) is 148 cm³/mol. The molecule has 3 amide bonds. The van der Waals surface area contributed by atoms with Crippen LogP contribution in [0.3, 0.4) is 0 Å². The van der Waals surface area contributed by atoms with E-state index < -0.39 is 12.1 Å². The Morgan fingerprint density at radius 2 is 1.55 bits per heavy atom. The van der Waals surface area contributed by atoms with E-state index in [9.17, 15) is 9.59 Å². The number of carbonyl (C=O) groups excluding carboxylic acids is 2. The fourth-order valence-electron chi connectivity index (χ4n) is 4.32. The van der Waals surface area contributed by atoms with Crippen molar-refractivity contribution >= 4 is 46.5 Å². The van der Waals surface area contributed by atoms with Gasteiger partial charge in [0.15, 0.2) is 11.5 Å². The van der Waals surface area contributed by atoms with Crippen molar-refractivity contribution in [2.75, 3.05) is 32.0 Å². The number of hydrogen-bond donors (Lipinski definition) is 3. The molecule has 1 unspecified atom stereocenters. The molecule has 11 heteroatoms. The SMILES string of the molecule is COc1cc(NC(=O)Nc2ccc3c(c2)CN(C(=O)C(N)Cc2ccc(Cl)cc2Cl)C3)cc(OC)c1OC. The number of nitrogens with two attached hydrogens (primary N) is 1. The molecule has 0 bridgehead atoms. The molecule has 38 heavy (non-hydrogen) atoms. The zero-order valence-corrected chi connectivity index (χ0v) is 22.7. The third-order valence-corrected chi connectivity index (χ3v) is 6.78. The normalized spacial score (nSPS) is 12.9. The number of ether oxygens (including phenoxy) is 3. The van der Waals surface area contributed by atoms with Gasteiger partial charge in [0.25, 0.3) is 0 Å². The number of hydrogen-bond acceptors (Lipinski definition) is 6. The summed E-state index contributed by atoms with van der Waals surface area (Å²) in [6.45, 7) is 0.828. The van der Waals surface area contributed by atoms with Crippen molar-refractivity contribution in [3.63, 3.8) is 0 Å². The number of urea groups is 1. The highest BCUT2D eigenvalue weighted by Crippen LogP contribution is 2.40. The van der Waals surface area contributed by atoms with E-state index in [1.807, 2.05) is 12.1 Å². The Labute approximate surface area is 230 Å². The largest absolute Gasteiger partial charge is 0.493 e. The highest BCUT2D eigenvalue weighted by atomic mass is 35.5. The van der Waals surface area contributed by atoms with Crippen molar-refractivity contribution in [2.24, 2.45) is 5.73 Å². The van der Waals surface area contributed by atoms with Crippen molar-refractivity contribution in [3.8, 4) is 17.2 Å². The molecular weight excluding hydrogens is 531 g/mol. The first-order chi connectivity index (χ1) is 18.2. The number of anilines is 2. The Morgan fingerprint density at radius 1 is 0.895 bits per heavy atom. The van der Waals surface area contributed by atoms with Gasteiger partial charge in [-0.15, -0.1) is 0 Å². The molecule has 0 aliphatic carbocycles. The topological polar surface area (TPSA) is 115 Å². The number of nitrogens with zero attached hydrogens (tertiary/aromatic N) is 1. The number of fused-ring (bicyclic) bond motifs is 1. The molecule has 1 heterocycles. The van der Waals surface area contributed by atoms with Gasteiger partial charge in [0.2, 0.25) is 11.7 Å². The Hall–Kier alpha value is -3.66. The molecule has 200 valence electrons. The fourth-order valence-corrected chi connectivity index (χ4v) is 4.81. The highest BCUT2D eigenvalue weighted by Gasteiger charge is 2.28. The Balaban J connectivity index is 1.39. The molecular formula is C27H28Cl2N4O5. The summed E-state index contributed by atoms with van der Waals surface area (Å²) in [5.74, 6) is 1.08. The molecule has 4 N–H and O–H groups in total. The van der Waals surface area contributed by atoms with E-state index in [4.69, 9.17) is 43.1 Å². The average molecular weight is 559 g/mol. The van der Waals surface area contributed by atoms with Crippen molar-refractivity contribution in [1.82, 2.24) is 4.90 Å². The maximum atomic E-state index is 13.0. The second-order valence-corrected chi connectivity index (χ2v) is 9.56. The van der Waals surface area contributed by atoms with Crippen LogP contribution < -0.4 is 30.6 Å². The number of amides is 3. The highest BCUT2D eigenvalue weighted by molar-refractivity contribution is 6.35. The molecule has 1 aliphatic heterocycles. The van der Waals surface area contributed by atoms with Gasteiger partial charge < -0.3 is 35.5 Å². The molecule has 0 saturated heterocycles. The molecule has 1 aliphatic rings. The van der Waals surface area contributed by atoms with Gasteiger partial charge in [-0.3, -0.25) is 4.79 Å². The van der Waals surface area contributed by atoms with Crippen LogP contribution in [-0.4, -0.2) is 44.2 Å². The van der Waals surface area contributed by atoms with Crippen molar-refractivity contribution in [2.45, 2.75) is 25.6 Å². The molecule has 1 atom stereocenters. The van der Waals surface area contributed by atoms with E-state index in [0.29, 0.717) is 58.2 Å². The first-order valence-electron chi connectivity index (χ1n) is 11.7. The summed E-state index contributed by atoms with van der Waals surface area (Å²) in [5.41, 5.74) is 9.96. The Morgan fingerprint density at radius 3 is 2.18 bits per heavy atom. The van der Waals surface area contributed by atoms with Crippen molar-refractivity contribution < 1.29 is 23.8 Å². The number of halogens is 2. The van der Waals surface area contributed by atoms with Gasteiger partial charge in [-0.25, -0.2) is 4.79 Å². The molecule has 0 aromatic heterocycles. The maximum absolute atomic E-state index is 13.0. The number of nitrogens with one attached hydrogen (secondary N) is 2. The monoisotopic (exact) mass is 558 g/mol. The van der Waals surface area contributed by atoms with Gasteiger partial charge in [0.1, 0.15) is 0 Å². The molecule has 0 radical (unpaired) electrons. The molecule has 0 saturated carbocycles. The lowest BCUT2D eigenvalue weighted by Crippen LogP contribution is -2.42. The minimum absolute atomic E-state index is 0.179. The van der Waals surface area contributed by atoms with Crippen LogP contribution in [0, 0.1) is 0 Å². The molecule has 0 spiro atoms. The fraction of sp³-hybridized carbons (Fsp3) is 0.259. The van der Waals surface area contributed by atoms with Gasteiger partial charge in [-0.2, -0.15) is 0 Å². The standard InChI is InChI=1S/C27H28Cl2N4O5/c1-36-23-11-20(12-24(37-2)25(23)38-3)32-27(35)31-19-7-5-16-13-33(14-17(16)8-19)26(34)22(30)9-15-4-6-18(28)10-21(15)29/h4-8,10-12,22H,9,13-14,30H2,1-3H3,(H2,31,32,35). The maximum Gasteiger partial charge on any atom is 0.323 e. The van der Waals surface area contributed by atoms with Gasteiger partial charge in [0.05, 0.1) is 33.1 Å². The number of benzene rings is 3. The quantitative estimate of drug-likeness (QED) is 0.355. The zero-order chi connectivity index (χ0) is 27.4. The molecule has 0 fully saturated rings. The van der Waals surface area contributed by atoms with Crippen LogP contribution in [0.2, 0.25) is 10.0 Å². The number of carbonyl (C=O) groups is 2. The van der Waals surface area contributed by atoms with Gasteiger partial charge in [0, 0.05) is 41.0 Å². The molecule has 9 nitrogen and oxygen atoms in total. The average Bonchev–Trinajstić information content (AvgIpc) is 3.32. The van der Waals surface area contributed by atoms with Crippen molar-refractivity contribution in [3.05, 3.63) is 75.3 Å². The van der Waals surface area contributed by atoms with Crippen LogP contribution in [0.1, 0.15) is 16.7 Å². The zero-order valence-electron chi connectivity index (χ0n) is 21.1. The molecule has 3 aromatic carbocycles. The third-order valence-electron chi connectivity index (χ3n) is 6.19. The predicted octanol–water partition coefficient (Wildman–Crippen LogP) is 5.08. The van der Waals surface area contributed by atoms with Crippen molar-refractivity contribution in [1.29, 1.82) is 0 Å². The number of methoxy groups -OCH3 is 3. The summed E-state index contributed by atoms with van der Waals surface area (Å²) < 4.78 is 16.0. The summed E-state index contributed by atoms with van der Waals surface area (Å²) in [5, 5.41) is 6.58. The van der Waals surface area contributed by atoms with E-state index in [1.54, 1.807) is 41.3 Å². The summed E-state index contributed by atoms with van der Waals surface area (Å²) in [6, 6.07) is 12.7. The van der Waals surface area contributed by atoms with Gasteiger partial charge in [-0.05, 0) is 47.4 Å². The first-order valence-corrected chi connectivity index (χ1v) is 12.5. The summed E-state index contributed by atoms with van der Waals surface area (Å²) in [7, 11) is 4.50. The lowest BCUT2D eigenvalue weighted by Gasteiger charge is -2.20. The van der Waals surface area contributed by atoms with Crippen LogP contribution in [0.25, 0.3) is 0 Å². The minimum atomic E-state index is -0.746. The second kappa shape index (κ2) is 11.8. The third kappa shape index (κ3) is 6.07. The molecule has 3 aromatic rings. The summed E-state index contributed by atoms with van der Waals surface area (Å²) >= 11 is 12.2. The lowest BCUT2D eigenvalue weighted by atomic mass is 10.1. The number of rotatable bonds is 8. The first kappa shape index (κ1) is 27.4. The molecule has 4 rings (SSSR count). The van der Waals surface area contributed by atoms with Crippen LogP contribution in [0.5, 0.6) is 17.2 Å². The van der Waals surface area contributed by atoms with E-state index in [1.165, 1.54) is 21.3 Å².